The van der Waals surface area contributed by atoms with Crippen molar-refractivity contribution in [1.82, 2.24) is 10.2 Å². The van der Waals surface area contributed by atoms with Gasteiger partial charge >= 0.3 is 0 Å². The van der Waals surface area contributed by atoms with Crippen molar-refractivity contribution in [2.75, 3.05) is 5.75 Å². The van der Waals surface area contributed by atoms with Crippen molar-refractivity contribution in [2.24, 2.45) is 0 Å². The monoisotopic (exact) mass is 458 g/mol. The van der Waals surface area contributed by atoms with Crippen molar-refractivity contribution in [3.8, 4) is 0 Å². The SMILES string of the molecule is CCC(C(=O)NC1CCCC1)N(Cc1ccccc1Cl)C(=O)CCSc1ccccc1. The molecule has 0 spiro atoms. The molecule has 1 aliphatic carbocycles. The molecule has 1 fully saturated rings. The highest BCUT2D eigenvalue weighted by molar-refractivity contribution is 7.99. The van der Waals surface area contributed by atoms with Crippen molar-refractivity contribution < 1.29 is 9.59 Å². The van der Waals surface area contributed by atoms with Crippen molar-refractivity contribution >= 4 is 35.2 Å². The Balaban J connectivity index is 1.71. The summed E-state index contributed by atoms with van der Waals surface area (Å²) in [6, 6.07) is 17.3. The average Bonchev–Trinajstić information content (AvgIpc) is 3.28. The highest BCUT2D eigenvalue weighted by Crippen LogP contribution is 2.23. The number of carbonyl (C=O) groups excluding carboxylic acids is 2. The molecule has 1 aliphatic rings. The van der Waals surface area contributed by atoms with E-state index in [-0.39, 0.29) is 17.9 Å². The predicted octanol–water partition coefficient (Wildman–Crippen LogP) is 5.69. The molecule has 2 aromatic rings. The maximum Gasteiger partial charge on any atom is 0.243 e. The first-order valence-electron chi connectivity index (χ1n) is 11.1. The highest BCUT2D eigenvalue weighted by atomic mass is 35.5. The Hall–Kier alpha value is -1.98. The van der Waals surface area contributed by atoms with Crippen LogP contribution in [0.1, 0.15) is 51.0 Å². The van der Waals surface area contributed by atoms with Crippen LogP contribution in [0.5, 0.6) is 0 Å². The summed E-state index contributed by atoms with van der Waals surface area (Å²) in [6.07, 6.45) is 5.29. The largest absolute Gasteiger partial charge is 0.352 e. The molecule has 6 heteroatoms. The number of halogens is 1. The summed E-state index contributed by atoms with van der Waals surface area (Å²) in [7, 11) is 0. The fourth-order valence-corrected chi connectivity index (χ4v) is 5.07. The Morgan fingerprint density at radius 2 is 1.77 bits per heavy atom. The Labute approximate surface area is 194 Å². The van der Waals surface area contributed by atoms with E-state index in [4.69, 9.17) is 11.6 Å². The van der Waals surface area contributed by atoms with Crippen LogP contribution < -0.4 is 5.32 Å². The van der Waals surface area contributed by atoms with Gasteiger partial charge in [-0.25, -0.2) is 0 Å². The molecule has 0 saturated heterocycles. The number of amides is 2. The summed E-state index contributed by atoms with van der Waals surface area (Å²) in [5.41, 5.74) is 0.861. The zero-order valence-corrected chi connectivity index (χ0v) is 19.6. The quantitative estimate of drug-likeness (QED) is 0.465. The minimum atomic E-state index is -0.494. The molecule has 3 rings (SSSR count). The van der Waals surface area contributed by atoms with E-state index >= 15 is 0 Å². The third-order valence-electron chi connectivity index (χ3n) is 5.71. The van der Waals surface area contributed by atoms with E-state index in [0.717, 1.165) is 36.1 Å². The second-order valence-electron chi connectivity index (χ2n) is 7.94. The summed E-state index contributed by atoms with van der Waals surface area (Å²) in [5, 5.41) is 3.79. The van der Waals surface area contributed by atoms with Crippen LogP contribution in [0.3, 0.4) is 0 Å². The third-order valence-corrected chi connectivity index (χ3v) is 7.10. The summed E-state index contributed by atoms with van der Waals surface area (Å²) in [6.45, 7) is 2.30. The van der Waals surface area contributed by atoms with Gasteiger partial charge in [-0.15, -0.1) is 11.8 Å². The Morgan fingerprint density at radius 3 is 2.45 bits per heavy atom. The molecule has 0 bridgehead atoms. The number of nitrogens with one attached hydrogen (secondary N) is 1. The first kappa shape index (κ1) is 23.7. The maximum absolute atomic E-state index is 13.3. The van der Waals surface area contributed by atoms with Gasteiger partial charge < -0.3 is 10.2 Å². The molecule has 1 atom stereocenters. The first-order valence-corrected chi connectivity index (χ1v) is 12.5. The standard InChI is InChI=1S/C25H31ClN2O2S/c1-2-23(25(30)27-20-11-7-8-12-20)28(18-19-10-6-9-15-22(19)26)24(29)16-17-31-21-13-4-3-5-14-21/h3-6,9-10,13-15,20,23H,2,7-8,11-12,16-18H2,1H3,(H,27,30). The number of benzene rings is 2. The van der Waals surface area contributed by atoms with Gasteiger partial charge in [0.1, 0.15) is 6.04 Å². The first-order chi connectivity index (χ1) is 15.1. The molecule has 166 valence electrons. The van der Waals surface area contributed by atoms with Crippen LogP contribution in [0.2, 0.25) is 5.02 Å². The van der Waals surface area contributed by atoms with E-state index in [1.54, 1.807) is 16.7 Å². The van der Waals surface area contributed by atoms with E-state index in [1.807, 2.05) is 61.5 Å². The van der Waals surface area contributed by atoms with Crippen LogP contribution in [0.15, 0.2) is 59.5 Å². The molecule has 0 radical (unpaired) electrons. The molecule has 0 aliphatic heterocycles. The number of hydrogen-bond donors (Lipinski definition) is 1. The fraction of sp³-hybridized carbons (Fsp3) is 0.440. The van der Waals surface area contributed by atoms with Crippen LogP contribution in [0.4, 0.5) is 0 Å². The molecule has 31 heavy (non-hydrogen) atoms. The Kier molecular flexibility index (Phi) is 9.29. The summed E-state index contributed by atoms with van der Waals surface area (Å²) < 4.78 is 0. The maximum atomic E-state index is 13.3. The van der Waals surface area contributed by atoms with E-state index in [0.29, 0.717) is 30.2 Å². The second kappa shape index (κ2) is 12.2. The molecule has 1 saturated carbocycles. The van der Waals surface area contributed by atoms with E-state index < -0.39 is 6.04 Å². The summed E-state index contributed by atoms with van der Waals surface area (Å²) in [5.74, 6) is 0.602. The van der Waals surface area contributed by atoms with E-state index in [9.17, 15) is 9.59 Å². The third kappa shape index (κ3) is 7.01. The predicted molar refractivity (Wildman–Crippen MR) is 128 cm³/mol. The number of nitrogens with zero attached hydrogens (tertiary/aromatic N) is 1. The number of rotatable bonds is 10. The molecular formula is C25H31ClN2O2S. The normalized spacial score (nSPS) is 14.9. The lowest BCUT2D eigenvalue weighted by Crippen LogP contribution is -2.51. The second-order valence-corrected chi connectivity index (χ2v) is 9.51. The van der Waals surface area contributed by atoms with Crippen LogP contribution >= 0.6 is 23.4 Å². The molecule has 4 nitrogen and oxygen atoms in total. The van der Waals surface area contributed by atoms with Gasteiger partial charge in [0, 0.05) is 34.7 Å². The van der Waals surface area contributed by atoms with E-state index in [1.165, 1.54) is 0 Å². The minimum Gasteiger partial charge on any atom is -0.352 e. The summed E-state index contributed by atoms with van der Waals surface area (Å²) in [4.78, 5) is 29.2. The molecule has 0 aromatic heterocycles. The highest BCUT2D eigenvalue weighted by Gasteiger charge is 2.30. The van der Waals surface area contributed by atoms with Gasteiger partial charge in [-0.05, 0) is 43.0 Å². The van der Waals surface area contributed by atoms with Crippen molar-refractivity contribution in [3.05, 3.63) is 65.2 Å². The average molecular weight is 459 g/mol. The molecule has 2 amide bonds. The van der Waals surface area contributed by atoms with Gasteiger partial charge in [0.05, 0.1) is 0 Å². The Morgan fingerprint density at radius 1 is 1.10 bits per heavy atom. The Bertz CT molecular complexity index is 856. The molecule has 1 N–H and O–H groups in total. The zero-order chi connectivity index (χ0) is 22.1. The van der Waals surface area contributed by atoms with Gasteiger partial charge in [0.2, 0.25) is 11.8 Å². The number of hydrogen-bond acceptors (Lipinski definition) is 3. The molecule has 0 heterocycles. The van der Waals surface area contributed by atoms with Gasteiger partial charge in [-0.2, -0.15) is 0 Å². The van der Waals surface area contributed by atoms with Gasteiger partial charge in [-0.3, -0.25) is 9.59 Å². The van der Waals surface area contributed by atoms with Crippen LogP contribution in [-0.2, 0) is 16.1 Å². The lowest BCUT2D eigenvalue weighted by atomic mass is 10.1. The minimum absolute atomic E-state index is 0.0169. The van der Waals surface area contributed by atoms with Crippen molar-refractivity contribution in [3.63, 3.8) is 0 Å². The van der Waals surface area contributed by atoms with Gasteiger partial charge in [0.25, 0.3) is 0 Å². The number of thioether (sulfide) groups is 1. The molecular weight excluding hydrogens is 428 g/mol. The topological polar surface area (TPSA) is 49.4 Å². The van der Waals surface area contributed by atoms with Gasteiger partial charge in [0.15, 0.2) is 0 Å². The zero-order valence-electron chi connectivity index (χ0n) is 18.1. The fourth-order valence-electron chi connectivity index (χ4n) is 4.01. The van der Waals surface area contributed by atoms with Crippen LogP contribution in [0, 0.1) is 0 Å². The molecule has 2 aromatic carbocycles. The smallest absolute Gasteiger partial charge is 0.243 e. The van der Waals surface area contributed by atoms with Crippen LogP contribution in [0.25, 0.3) is 0 Å². The van der Waals surface area contributed by atoms with Gasteiger partial charge in [-0.1, -0.05) is 67.8 Å². The lowest BCUT2D eigenvalue weighted by molar-refractivity contribution is -0.141. The lowest BCUT2D eigenvalue weighted by Gasteiger charge is -2.31. The van der Waals surface area contributed by atoms with Crippen LogP contribution in [-0.4, -0.2) is 34.6 Å². The summed E-state index contributed by atoms with van der Waals surface area (Å²) >= 11 is 8.04. The molecule has 1 unspecified atom stereocenters. The van der Waals surface area contributed by atoms with E-state index in [2.05, 4.69) is 5.32 Å². The van der Waals surface area contributed by atoms with Crippen molar-refractivity contribution in [2.45, 2.75) is 69.0 Å². The van der Waals surface area contributed by atoms with Crippen molar-refractivity contribution in [1.29, 1.82) is 0 Å². The number of carbonyl (C=O) groups is 2.